The third-order valence-electron chi connectivity index (χ3n) is 4.28. The number of ether oxygens (including phenoxy) is 1. The minimum Gasteiger partial charge on any atom is -0.444 e. The lowest BCUT2D eigenvalue weighted by molar-refractivity contribution is -0.119. The van der Waals surface area contributed by atoms with Crippen LogP contribution in [0.15, 0.2) is 43.0 Å². The summed E-state index contributed by atoms with van der Waals surface area (Å²) in [5, 5.41) is 0. The molecule has 1 fully saturated rings. The predicted molar refractivity (Wildman–Crippen MR) is 108 cm³/mol. The van der Waals surface area contributed by atoms with Crippen LogP contribution in [0.3, 0.4) is 0 Å². The Balaban J connectivity index is 1.94. The van der Waals surface area contributed by atoms with Gasteiger partial charge in [-0.2, -0.15) is 0 Å². The second kappa shape index (κ2) is 9.55. The number of amides is 2. The highest BCUT2D eigenvalue weighted by Crippen LogP contribution is 2.15. The van der Waals surface area contributed by atoms with Gasteiger partial charge in [0.2, 0.25) is 5.91 Å². The van der Waals surface area contributed by atoms with Crippen molar-refractivity contribution < 1.29 is 14.3 Å². The van der Waals surface area contributed by atoms with Gasteiger partial charge in [-0.05, 0) is 39.3 Å². The van der Waals surface area contributed by atoms with Crippen molar-refractivity contribution in [3.8, 4) is 0 Å². The molecule has 0 radical (unpaired) electrons. The first kappa shape index (κ1) is 21.0. The summed E-state index contributed by atoms with van der Waals surface area (Å²) in [7, 11) is 0. The van der Waals surface area contributed by atoms with E-state index in [1.165, 1.54) is 0 Å². The number of benzene rings is 1. The molecule has 0 N–H and O–H groups in total. The Hall–Kier alpha value is -2.34. The van der Waals surface area contributed by atoms with Gasteiger partial charge in [0.15, 0.2) is 0 Å². The fraction of sp³-hybridized carbons (Fsp3) is 0.524. The van der Waals surface area contributed by atoms with Gasteiger partial charge in [-0.25, -0.2) is 4.79 Å². The van der Waals surface area contributed by atoms with Gasteiger partial charge >= 0.3 is 6.09 Å². The SMILES string of the molecule is C=CCN(C(=O)CN1CCCN(C(=O)OC(C)(C)C)CC1)c1ccccc1. The molecule has 1 aromatic rings. The van der Waals surface area contributed by atoms with Crippen molar-refractivity contribution >= 4 is 17.7 Å². The van der Waals surface area contributed by atoms with Crippen LogP contribution in [0.5, 0.6) is 0 Å². The number of anilines is 1. The van der Waals surface area contributed by atoms with Crippen molar-refractivity contribution in [3.63, 3.8) is 0 Å². The summed E-state index contributed by atoms with van der Waals surface area (Å²) in [5.41, 5.74) is 0.368. The van der Waals surface area contributed by atoms with E-state index in [0.717, 1.165) is 18.7 Å². The molecule has 0 spiro atoms. The van der Waals surface area contributed by atoms with Gasteiger partial charge in [-0.1, -0.05) is 24.3 Å². The molecule has 1 saturated heterocycles. The Bertz CT molecular complexity index is 640. The van der Waals surface area contributed by atoms with Gasteiger partial charge in [0.25, 0.3) is 0 Å². The number of carbonyl (C=O) groups excluding carboxylic acids is 2. The molecule has 148 valence electrons. The maximum Gasteiger partial charge on any atom is 0.410 e. The Kier molecular flexibility index (Phi) is 7.42. The lowest BCUT2D eigenvalue weighted by atomic mass is 10.2. The van der Waals surface area contributed by atoms with Crippen LogP contribution in [0.4, 0.5) is 10.5 Å². The van der Waals surface area contributed by atoms with E-state index in [0.29, 0.717) is 32.7 Å². The van der Waals surface area contributed by atoms with E-state index >= 15 is 0 Å². The third kappa shape index (κ3) is 6.71. The monoisotopic (exact) mass is 373 g/mol. The quantitative estimate of drug-likeness (QED) is 0.744. The Morgan fingerprint density at radius 2 is 1.85 bits per heavy atom. The minimum atomic E-state index is -0.500. The van der Waals surface area contributed by atoms with Crippen molar-refractivity contribution in [1.29, 1.82) is 0 Å². The molecule has 0 bridgehead atoms. The summed E-state index contributed by atoms with van der Waals surface area (Å²) in [5.74, 6) is 0.0341. The predicted octanol–water partition coefficient (Wildman–Crippen LogP) is 3.15. The summed E-state index contributed by atoms with van der Waals surface area (Å²) < 4.78 is 5.46. The smallest absolute Gasteiger partial charge is 0.410 e. The van der Waals surface area contributed by atoms with Crippen LogP contribution >= 0.6 is 0 Å². The maximum absolute atomic E-state index is 12.8. The Morgan fingerprint density at radius 1 is 1.15 bits per heavy atom. The van der Waals surface area contributed by atoms with E-state index in [-0.39, 0.29) is 12.0 Å². The first-order valence-electron chi connectivity index (χ1n) is 9.47. The molecule has 0 atom stereocenters. The zero-order chi connectivity index (χ0) is 19.9. The summed E-state index contributed by atoms with van der Waals surface area (Å²) in [6.45, 7) is 12.8. The largest absolute Gasteiger partial charge is 0.444 e. The number of para-hydroxylation sites is 1. The van der Waals surface area contributed by atoms with Crippen LogP contribution < -0.4 is 4.90 Å². The van der Waals surface area contributed by atoms with E-state index < -0.39 is 5.60 Å². The molecule has 6 heteroatoms. The normalized spacial score (nSPS) is 15.7. The molecule has 0 saturated carbocycles. The van der Waals surface area contributed by atoms with E-state index in [1.54, 1.807) is 15.9 Å². The fourth-order valence-electron chi connectivity index (χ4n) is 3.00. The third-order valence-corrected chi connectivity index (χ3v) is 4.28. The average molecular weight is 373 g/mol. The van der Waals surface area contributed by atoms with Crippen molar-refractivity contribution in [2.24, 2.45) is 0 Å². The van der Waals surface area contributed by atoms with Crippen LogP contribution in [0.2, 0.25) is 0 Å². The van der Waals surface area contributed by atoms with E-state index in [1.807, 2.05) is 51.1 Å². The number of rotatable bonds is 5. The molecule has 1 aliphatic heterocycles. The van der Waals surface area contributed by atoms with E-state index in [4.69, 9.17) is 4.74 Å². The van der Waals surface area contributed by atoms with Gasteiger partial charge in [-0.3, -0.25) is 9.69 Å². The summed E-state index contributed by atoms with van der Waals surface area (Å²) in [6, 6.07) is 9.62. The van der Waals surface area contributed by atoms with Gasteiger partial charge in [-0.15, -0.1) is 6.58 Å². The van der Waals surface area contributed by atoms with Crippen LogP contribution in [-0.4, -0.2) is 66.7 Å². The summed E-state index contributed by atoms with van der Waals surface area (Å²) >= 11 is 0. The Labute approximate surface area is 162 Å². The van der Waals surface area contributed by atoms with Crippen LogP contribution in [-0.2, 0) is 9.53 Å². The van der Waals surface area contributed by atoms with E-state index in [2.05, 4.69) is 11.5 Å². The van der Waals surface area contributed by atoms with Crippen molar-refractivity contribution in [2.75, 3.05) is 44.2 Å². The first-order valence-corrected chi connectivity index (χ1v) is 9.47. The zero-order valence-corrected chi connectivity index (χ0v) is 16.7. The molecule has 1 aliphatic rings. The number of carbonyl (C=O) groups is 2. The lowest BCUT2D eigenvalue weighted by Crippen LogP contribution is -2.43. The highest BCUT2D eigenvalue weighted by molar-refractivity contribution is 5.95. The topological polar surface area (TPSA) is 53.1 Å². The first-order chi connectivity index (χ1) is 12.8. The molecule has 2 rings (SSSR count). The van der Waals surface area contributed by atoms with Crippen molar-refractivity contribution in [3.05, 3.63) is 43.0 Å². The van der Waals surface area contributed by atoms with E-state index in [9.17, 15) is 9.59 Å². The lowest BCUT2D eigenvalue weighted by Gasteiger charge is -2.27. The highest BCUT2D eigenvalue weighted by atomic mass is 16.6. The second-order valence-electron chi connectivity index (χ2n) is 7.73. The van der Waals surface area contributed by atoms with Crippen molar-refractivity contribution in [1.82, 2.24) is 9.80 Å². The average Bonchev–Trinajstić information content (AvgIpc) is 2.84. The van der Waals surface area contributed by atoms with Gasteiger partial charge in [0.1, 0.15) is 5.60 Å². The molecule has 6 nitrogen and oxygen atoms in total. The van der Waals surface area contributed by atoms with Gasteiger partial charge in [0, 0.05) is 38.4 Å². The summed E-state index contributed by atoms with van der Waals surface area (Å²) in [6.07, 6.45) is 2.27. The summed E-state index contributed by atoms with van der Waals surface area (Å²) in [4.78, 5) is 30.7. The maximum atomic E-state index is 12.8. The van der Waals surface area contributed by atoms with Crippen LogP contribution in [0.25, 0.3) is 0 Å². The van der Waals surface area contributed by atoms with Crippen LogP contribution in [0.1, 0.15) is 27.2 Å². The zero-order valence-electron chi connectivity index (χ0n) is 16.7. The molecule has 1 aromatic carbocycles. The Morgan fingerprint density at radius 3 is 2.48 bits per heavy atom. The van der Waals surface area contributed by atoms with Gasteiger partial charge < -0.3 is 14.5 Å². The minimum absolute atomic E-state index is 0.0341. The molecule has 27 heavy (non-hydrogen) atoms. The molecule has 2 amide bonds. The van der Waals surface area contributed by atoms with Gasteiger partial charge in [0.05, 0.1) is 6.54 Å². The molecule has 0 unspecified atom stereocenters. The standard InChI is InChI=1S/C21H31N3O3/c1-5-12-24(18-10-7-6-8-11-18)19(25)17-22-13-9-14-23(16-15-22)20(26)27-21(2,3)4/h5-8,10-11H,1,9,12-17H2,2-4H3. The molecule has 1 heterocycles. The second-order valence-corrected chi connectivity index (χ2v) is 7.73. The molecular formula is C21H31N3O3. The van der Waals surface area contributed by atoms with Crippen molar-refractivity contribution in [2.45, 2.75) is 32.8 Å². The van der Waals surface area contributed by atoms with Crippen LogP contribution in [0, 0.1) is 0 Å². The highest BCUT2D eigenvalue weighted by Gasteiger charge is 2.26. The number of hydrogen-bond acceptors (Lipinski definition) is 4. The fourth-order valence-corrected chi connectivity index (χ4v) is 3.00. The number of nitrogens with zero attached hydrogens (tertiary/aromatic N) is 3. The molecular weight excluding hydrogens is 342 g/mol. The molecule has 0 aliphatic carbocycles. The molecule has 0 aromatic heterocycles. The number of hydrogen-bond donors (Lipinski definition) is 0.